The number of nitrogens with one attached hydrogen (secondary N) is 1. The lowest BCUT2D eigenvalue weighted by Crippen LogP contribution is -2.36. The smallest absolute Gasteiger partial charge is 0.340 e. The molecule has 0 radical (unpaired) electrons. The standard InChI is InChI=1S/C25H33NO2/c1-16(2)20-14-13-17(3)15-24(20)28-25(27)21-10-6-7-11-23(21)26-22-12-8-9-18(4)19(22)5/h6-12,16-17,20,24,26H,13-15H2,1-5H3. The number of anilines is 2. The molecular formula is C25H33NO2. The Labute approximate surface area is 169 Å². The van der Waals surface area contributed by atoms with Crippen molar-refractivity contribution in [2.45, 2.75) is 60.0 Å². The predicted octanol–water partition coefficient (Wildman–Crippen LogP) is 6.66. The summed E-state index contributed by atoms with van der Waals surface area (Å²) in [7, 11) is 0. The van der Waals surface area contributed by atoms with Crippen molar-refractivity contribution in [3.8, 4) is 0 Å². The lowest BCUT2D eigenvalue weighted by atomic mass is 9.75. The Morgan fingerprint density at radius 1 is 1.04 bits per heavy atom. The summed E-state index contributed by atoms with van der Waals surface area (Å²) < 4.78 is 6.08. The van der Waals surface area contributed by atoms with Gasteiger partial charge in [0.2, 0.25) is 0 Å². The normalized spacial score (nSPS) is 22.1. The highest BCUT2D eigenvalue weighted by molar-refractivity contribution is 5.96. The van der Waals surface area contributed by atoms with Gasteiger partial charge < -0.3 is 10.1 Å². The molecule has 0 heterocycles. The second-order valence-corrected chi connectivity index (χ2v) is 8.69. The molecule has 3 rings (SSSR count). The van der Waals surface area contributed by atoms with Gasteiger partial charge in [0.25, 0.3) is 0 Å². The fourth-order valence-electron chi connectivity index (χ4n) is 4.25. The maximum Gasteiger partial charge on any atom is 0.340 e. The second kappa shape index (κ2) is 8.81. The highest BCUT2D eigenvalue weighted by Crippen LogP contribution is 2.36. The van der Waals surface area contributed by atoms with Crippen molar-refractivity contribution in [3.05, 3.63) is 59.2 Å². The number of rotatable bonds is 5. The van der Waals surface area contributed by atoms with Crippen molar-refractivity contribution in [1.29, 1.82) is 0 Å². The van der Waals surface area contributed by atoms with Crippen molar-refractivity contribution < 1.29 is 9.53 Å². The van der Waals surface area contributed by atoms with E-state index in [-0.39, 0.29) is 12.1 Å². The van der Waals surface area contributed by atoms with Crippen LogP contribution in [-0.2, 0) is 4.74 Å². The van der Waals surface area contributed by atoms with Gasteiger partial charge in [-0.1, -0.05) is 51.5 Å². The molecule has 0 aromatic heterocycles. The molecule has 3 atom stereocenters. The number of benzene rings is 2. The van der Waals surface area contributed by atoms with Crippen LogP contribution in [0.1, 0.15) is 61.5 Å². The zero-order chi connectivity index (χ0) is 20.3. The lowest BCUT2D eigenvalue weighted by molar-refractivity contribution is -0.0173. The number of carbonyl (C=O) groups excluding carboxylic acids is 1. The van der Waals surface area contributed by atoms with E-state index in [4.69, 9.17) is 4.74 Å². The minimum absolute atomic E-state index is 0.00464. The van der Waals surface area contributed by atoms with E-state index in [1.165, 1.54) is 17.5 Å². The number of hydrogen-bond acceptors (Lipinski definition) is 3. The van der Waals surface area contributed by atoms with Crippen LogP contribution in [0.5, 0.6) is 0 Å². The number of aryl methyl sites for hydroxylation is 1. The summed E-state index contributed by atoms with van der Waals surface area (Å²) in [6.45, 7) is 10.9. The maximum absolute atomic E-state index is 13.1. The van der Waals surface area contributed by atoms with Crippen LogP contribution in [0.25, 0.3) is 0 Å². The van der Waals surface area contributed by atoms with Crippen LogP contribution in [0.2, 0.25) is 0 Å². The monoisotopic (exact) mass is 379 g/mol. The summed E-state index contributed by atoms with van der Waals surface area (Å²) in [6, 6.07) is 13.8. The van der Waals surface area contributed by atoms with Crippen LogP contribution in [-0.4, -0.2) is 12.1 Å². The molecule has 0 spiro atoms. The van der Waals surface area contributed by atoms with Gasteiger partial charge in [-0.2, -0.15) is 0 Å². The summed E-state index contributed by atoms with van der Waals surface area (Å²) in [5.74, 6) is 1.35. The van der Waals surface area contributed by atoms with E-state index in [1.54, 1.807) is 0 Å². The van der Waals surface area contributed by atoms with Crippen molar-refractivity contribution in [1.82, 2.24) is 0 Å². The van der Waals surface area contributed by atoms with Crippen LogP contribution in [0.3, 0.4) is 0 Å². The Hall–Kier alpha value is -2.29. The largest absolute Gasteiger partial charge is 0.458 e. The fourth-order valence-corrected chi connectivity index (χ4v) is 4.25. The highest BCUT2D eigenvalue weighted by atomic mass is 16.5. The molecule has 150 valence electrons. The van der Waals surface area contributed by atoms with Crippen LogP contribution >= 0.6 is 0 Å². The molecule has 1 aliphatic carbocycles. The van der Waals surface area contributed by atoms with Crippen LogP contribution < -0.4 is 5.32 Å². The molecule has 1 saturated carbocycles. The molecule has 3 nitrogen and oxygen atoms in total. The first-order valence-electron chi connectivity index (χ1n) is 10.5. The van der Waals surface area contributed by atoms with Gasteiger partial charge in [0, 0.05) is 5.69 Å². The van der Waals surface area contributed by atoms with Gasteiger partial charge in [-0.25, -0.2) is 4.79 Å². The van der Waals surface area contributed by atoms with Gasteiger partial charge in [0.05, 0.1) is 11.3 Å². The molecule has 1 fully saturated rings. The highest BCUT2D eigenvalue weighted by Gasteiger charge is 2.34. The van der Waals surface area contributed by atoms with Crippen molar-refractivity contribution in [2.75, 3.05) is 5.32 Å². The van der Waals surface area contributed by atoms with E-state index in [2.05, 4.69) is 46.0 Å². The molecular weight excluding hydrogens is 346 g/mol. The Bertz CT molecular complexity index is 827. The molecule has 3 heteroatoms. The minimum atomic E-state index is -0.224. The van der Waals surface area contributed by atoms with E-state index in [1.807, 2.05) is 36.4 Å². The Balaban J connectivity index is 1.81. The molecule has 2 aromatic carbocycles. The van der Waals surface area contributed by atoms with Crippen LogP contribution in [0.4, 0.5) is 11.4 Å². The molecule has 28 heavy (non-hydrogen) atoms. The molecule has 0 bridgehead atoms. The van der Waals surface area contributed by atoms with Gasteiger partial charge in [-0.3, -0.25) is 0 Å². The minimum Gasteiger partial charge on any atom is -0.458 e. The third-order valence-corrected chi connectivity index (χ3v) is 6.24. The summed E-state index contributed by atoms with van der Waals surface area (Å²) in [4.78, 5) is 13.1. The molecule has 0 saturated heterocycles. The Kier molecular flexibility index (Phi) is 6.43. The van der Waals surface area contributed by atoms with E-state index in [9.17, 15) is 4.79 Å². The molecule has 1 aliphatic rings. The van der Waals surface area contributed by atoms with Crippen molar-refractivity contribution in [3.63, 3.8) is 0 Å². The SMILES string of the molecule is Cc1cccc(Nc2ccccc2C(=O)OC2CC(C)CCC2C(C)C)c1C. The molecule has 3 unspecified atom stereocenters. The fraction of sp³-hybridized carbons (Fsp3) is 0.480. The third kappa shape index (κ3) is 4.57. The summed E-state index contributed by atoms with van der Waals surface area (Å²) in [5, 5.41) is 3.44. The summed E-state index contributed by atoms with van der Waals surface area (Å²) in [6.07, 6.45) is 3.33. The zero-order valence-corrected chi connectivity index (χ0v) is 17.8. The van der Waals surface area contributed by atoms with E-state index < -0.39 is 0 Å². The molecule has 2 aromatic rings. The number of esters is 1. The van der Waals surface area contributed by atoms with Gasteiger partial charge >= 0.3 is 5.97 Å². The first-order chi connectivity index (χ1) is 13.4. The van der Waals surface area contributed by atoms with Crippen molar-refractivity contribution in [2.24, 2.45) is 17.8 Å². The Morgan fingerprint density at radius 2 is 1.75 bits per heavy atom. The maximum atomic E-state index is 13.1. The number of para-hydroxylation sites is 1. The van der Waals surface area contributed by atoms with Crippen molar-refractivity contribution >= 4 is 17.3 Å². The van der Waals surface area contributed by atoms with E-state index in [0.717, 1.165) is 24.2 Å². The van der Waals surface area contributed by atoms with Crippen LogP contribution in [0.15, 0.2) is 42.5 Å². The summed E-state index contributed by atoms with van der Waals surface area (Å²) in [5.41, 5.74) is 4.83. The van der Waals surface area contributed by atoms with Gasteiger partial charge in [0.15, 0.2) is 0 Å². The topological polar surface area (TPSA) is 38.3 Å². The summed E-state index contributed by atoms with van der Waals surface area (Å²) >= 11 is 0. The van der Waals surface area contributed by atoms with E-state index in [0.29, 0.717) is 23.3 Å². The third-order valence-electron chi connectivity index (χ3n) is 6.24. The first-order valence-corrected chi connectivity index (χ1v) is 10.5. The molecule has 0 amide bonds. The number of ether oxygens (including phenoxy) is 1. The average Bonchev–Trinajstić information content (AvgIpc) is 2.65. The van der Waals surface area contributed by atoms with Gasteiger partial charge in [-0.15, -0.1) is 0 Å². The lowest BCUT2D eigenvalue weighted by Gasteiger charge is -2.36. The predicted molar refractivity (Wildman–Crippen MR) is 116 cm³/mol. The average molecular weight is 380 g/mol. The zero-order valence-electron chi connectivity index (χ0n) is 17.8. The Morgan fingerprint density at radius 3 is 2.50 bits per heavy atom. The first kappa shape index (κ1) is 20.4. The molecule has 0 aliphatic heterocycles. The second-order valence-electron chi connectivity index (χ2n) is 8.69. The molecule has 1 N–H and O–H groups in total. The van der Waals surface area contributed by atoms with Gasteiger partial charge in [0.1, 0.15) is 6.10 Å². The number of carbonyl (C=O) groups is 1. The number of hydrogen-bond donors (Lipinski definition) is 1. The van der Waals surface area contributed by atoms with Gasteiger partial charge in [-0.05, 0) is 73.8 Å². The van der Waals surface area contributed by atoms with Crippen LogP contribution in [0, 0.1) is 31.6 Å². The quantitative estimate of drug-likeness (QED) is 0.590. The van der Waals surface area contributed by atoms with E-state index >= 15 is 0 Å².